The first-order valence-electron chi connectivity index (χ1n) is 11.2. The zero-order valence-electron chi connectivity index (χ0n) is 19.0. The zero-order chi connectivity index (χ0) is 23.4. The Balaban J connectivity index is 1.46. The van der Waals surface area contributed by atoms with E-state index in [0.29, 0.717) is 49.6 Å². The van der Waals surface area contributed by atoms with Gasteiger partial charge in [-0.15, -0.1) is 0 Å². The highest BCUT2D eigenvalue weighted by Gasteiger charge is 2.28. The molecule has 0 bridgehead atoms. The SMILES string of the molecule is Cc1ccc(S(=O)(=O)N/N=C2\CCCc3oc(C(=O)NCCN4CCOCC4)c(C)c32)cc1. The maximum absolute atomic E-state index is 12.8. The second-order valence-electron chi connectivity index (χ2n) is 8.38. The van der Waals surface area contributed by atoms with Gasteiger partial charge in [-0.2, -0.15) is 18.4 Å². The summed E-state index contributed by atoms with van der Waals surface area (Å²) in [6, 6.07) is 6.58. The smallest absolute Gasteiger partial charge is 0.287 e. The Morgan fingerprint density at radius 1 is 1.12 bits per heavy atom. The summed E-state index contributed by atoms with van der Waals surface area (Å²) in [6.07, 6.45) is 2.05. The number of rotatable bonds is 7. The van der Waals surface area contributed by atoms with Gasteiger partial charge in [-0.05, 0) is 38.8 Å². The lowest BCUT2D eigenvalue weighted by Crippen LogP contribution is -2.41. The molecule has 33 heavy (non-hydrogen) atoms. The highest BCUT2D eigenvalue weighted by atomic mass is 32.2. The van der Waals surface area contributed by atoms with Crippen LogP contribution in [0.5, 0.6) is 0 Å². The van der Waals surface area contributed by atoms with E-state index < -0.39 is 10.0 Å². The van der Waals surface area contributed by atoms with Crippen LogP contribution in [0.3, 0.4) is 0 Å². The molecule has 2 aromatic rings. The molecule has 1 aliphatic carbocycles. The second kappa shape index (κ2) is 10.1. The van der Waals surface area contributed by atoms with E-state index in [1.807, 2.05) is 13.8 Å². The van der Waals surface area contributed by atoms with Crippen molar-refractivity contribution in [2.24, 2.45) is 5.10 Å². The third-order valence-corrected chi connectivity index (χ3v) is 7.21. The Morgan fingerprint density at radius 3 is 2.58 bits per heavy atom. The molecule has 1 aromatic heterocycles. The van der Waals surface area contributed by atoms with E-state index in [-0.39, 0.29) is 16.6 Å². The number of carbonyl (C=O) groups is 1. The number of morpholine rings is 1. The average Bonchev–Trinajstić information content (AvgIpc) is 3.16. The highest BCUT2D eigenvalue weighted by molar-refractivity contribution is 7.89. The summed E-state index contributed by atoms with van der Waals surface area (Å²) in [5.74, 6) is 0.665. The van der Waals surface area contributed by atoms with Crippen LogP contribution >= 0.6 is 0 Å². The van der Waals surface area contributed by atoms with Crippen LogP contribution in [0.2, 0.25) is 0 Å². The number of aryl methyl sites for hydroxylation is 2. The summed E-state index contributed by atoms with van der Waals surface area (Å²) in [6.45, 7) is 8.13. The minimum Gasteiger partial charge on any atom is -0.455 e. The first kappa shape index (κ1) is 23.5. The lowest BCUT2D eigenvalue weighted by atomic mass is 9.93. The van der Waals surface area contributed by atoms with Crippen molar-refractivity contribution in [1.82, 2.24) is 15.0 Å². The van der Waals surface area contributed by atoms with Crippen molar-refractivity contribution in [2.75, 3.05) is 39.4 Å². The minimum atomic E-state index is -3.79. The van der Waals surface area contributed by atoms with Gasteiger partial charge in [0.05, 0.1) is 23.8 Å². The van der Waals surface area contributed by atoms with Crippen LogP contribution < -0.4 is 10.1 Å². The molecule has 0 atom stereocenters. The summed E-state index contributed by atoms with van der Waals surface area (Å²) in [4.78, 5) is 17.5. The van der Waals surface area contributed by atoms with Gasteiger partial charge < -0.3 is 14.5 Å². The number of hydrogen-bond acceptors (Lipinski definition) is 7. The molecule has 2 N–H and O–H groups in total. The quantitative estimate of drug-likeness (QED) is 0.594. The van der Waals surface area contributed by atoms with Crippen LogP contribution in [-0.4, -0.2) is 64.3 Å². The number of hydrazone groups is 1. The fourth-order valence-electron chi connectivity index (χ4n) is 4.11. The molecule has 10 heteroatoms. The van der Waals surface area contributed by atoms with Crippen LogP contribution in [-0.2, 0) is 21.2 Å². The van der Waals surface area contributed by atoms with E-state index in [0.717, 1.165) is 37.2 Å². The summed E-state index contributed by atoms with van der Waals surface area (Å²) in [5, 5.41) is 7.15. The predicted molar refractivity (Wildman–Crippen MR) is 124 cm³/mol. The van der Waals surface area contributed by atoms with E-state index >= 15 is 0 Å². The maximum Gasteiger partial charge on any atom is 0.287 e. The monoisotopic (exact) mass is 474 g/mol. The first-order chi connectivity index (χ1) is 15.8. The van der Waals surface area contributed by atoms with Gasteiger partial charge in [-0.25, -0.2) is 0 Å². The molecule has 1 saturated heterocycles. The topological polar surface area (TPSA) is 113 Å². The molecule has 2 heterocycles. The minimum absolute atomic E-state index is 0.151. The van der Waals surface area contributed by atoms with Gasteiger partial charge in [0.25, 0.3) is 15.9 Å². The molecule has 0 radical (unpaired) electrons. The molecular formula is C23H30N4O5S. The van der Waals surface area contributed by atoms with Gasteiger partial charge in [-0.3, -0.25) is 9.69 Å². The van der Waals surface area contributed by atoms with Gasteiger partial charge in [0, 0.05) is 43.7 Å². The largest absolute Gasteiger partial charge is 0.455 e. The normalized spacial score (nSPS) is 18.2. The molecule has 4 rings (SSSR count). The summed E-state index contributed by atoms with van der Waals surface area (Å²) in [7, 11) is -3.79. The molecular weight excluding hydrogens is 444 g/mol. The lowest BCUT2D eigenvalue weighted by molar-refractivity contribution is 0.0382. The van der Waals surface area contributed by atoms with Crippen molar-refractivity contribution in [3.05, 3.63) is 52.5 Å². The Labute approximate surface area is 194 Å². The summed E-state index contributed by atoms with van der Waals surface area (Å²) >= 11 is 0. The number of amides is 1. The zero-order valence-corrected chi connectivity index (χ0v) is 19.8. The van der Waals surface area contributed by atoms with Crippen LogP contribution in [0.4, 0.5) is 0 Å². The fourth-order valence-corrected chi connectivity index (χ4v) is 4.94. The third-order valence-electron chi connectivity index (χ3n) is 5.98. The molecule has 2 aliphatic rings. The van der Waals surface area contributed by atoms with Crippen molar-refractivity contribution < 1.29 is 22.4 Å². The first-order valence-corrected chi connectivity index (χ1v) is 12.7. The third kappa shape index (κ3) is 5.45. The number of nitrogens with one attached hydrogen (secondary N) is 2. The molecule has 9 nitrogen and oxygen atoms in total. The van der Waals surface area contributed by atoms with Gasteiger partial charge in [0.2, 0.25) is 0 Å². The number of sulfonamides is 1. The van der Waals surface area contributed by atoms with Gasteiger partial charge >= 0.3 is 0 Å². The predicted octanol–water partition coefficient (Wildman–Crippen LogP) is 1.98. The standard InChI is InChI=1S/C23H30N4O5S/c1-16-6-8-18(9-7-16)33(29,30)26-25-19-4-3-5-20-21(19)17(2)22(32-20)23(28)24-10-11-27-12-14-31-15-13-27/h6-9,26H,3-5,10-15H2,1-2H3,(H,24,28)/b25-19+. The molecule has 178 valence electrons. The fraction of sp³-hybridized carbons (Fsp3) is 0.478. The average molecular weight is 475 g/mol. The van der Waals surface area contributed by atoms with Crippen LogP contribution in [0, 0.1) is 13.8 Å². The number of furan rings is 1. The Kier molecular flexibility index (Phi) is 7.16. The summed E-state index contributed by atoms with van der Waals surface area (Å²) < 4.78 is 36.5. The lowest BCUT2D eigenvalue weighted by Gasteiger charge is -2.26. The Hall–Kier alpha value is -2.69. The van der Waals surface area contributed by atoms with E-state index in [9.17, 15) is 13.2 Å². The molecule has 1 aromatic carbocycles. The molecule has 1 amide bonds. The van der Waals surface area contributed by atoms with Crippen LogP contribution in [0.25, 0.3) is 0 Å². The van der Waals surface area contributed by atoms with Crippen molar-refractivity contribution >= 4 is 21.6 Å². The van der Waals surface area contributed by atoms with Crippen molar-refractivity contribution in [1.29, 1.82) is 0 Å². The van der Waals surface area contributed by atoms with Crippen molar-refractivity contribution in [3.63, 3.8) is 0 Å². The number of benzene rings is 1. The van der Waals surface area contributed by atoms with E-state index in [1.54, 1.807) is 24.3 Å². The second-order valence-corrected chi connectivity index (χ2v) is 10.0. The van der Waals surface area contributed by atoms with Gasteiger partial charge in [0.15, 0.2) is 5.76 Å². The molecule has 0 unspecified atom stereocenters. The van der Waals surface area contributed by atoms with E-state index in [1.165, 1.54) is 0 Å². The Morgan fingerprint density at radius 2 is 1.85 bits per heavy atom. The summed E-state index contributed by atoms with van der Waals surface area (Å²) in [5.41, 5.74) is 2.97. The highest BCUT2D eigenvalue weighted by Crippen LogP contribution is 2.30. The molecule has 1 aliphatic heterocycles. The number of carbonyl (C=O) groups excluding carboxylic acids is 1. The van der Waals surface area contributed by atoms with Crippen LogP contribution in [0.1, 0.15) is 45.8 Å². The maximum atomic E-state index is 12.8. The Bertz CT molecular complexity index is 1130. The number of hydrogen-bond donors (Lipinski definition) is 2. The van der Waals surface area contributed by atoms with E-state index in [2.05, 4.69) is 20.1 Å². The molecule has 0 spiro atoms. The van der Waals surface area contributed by atoms with E-state index in [4.69, 9.17) is 9.15 Å². The molecule has 0 saturated carbocycles. The van der Waals surface area contributed by atoms with Crippen molar-refractivity contribution in [2.45, 2.75) is 38.0 Å². The van der Waals surface area contributed by atoms with Gasteiger partial charge in [-0.1, -0.05) is 17.7 Å². The molecule has 1 fully saturated rings. The van der Waals surface area contributed by atoms with Crippen molar-refractivity contribution in [3.8, 4) is 0 Å². The number of fused-ring (bicyclic) bond motifs is 1. The van der Waals surface area contributed by atoms with Crippen LogP contribution in [0.15, 0.2) is 38.7 Å². The number of ether oxygens (including phenoxy) is 1. The van der Waals surface area contributed by atoms with Gasteiger partial charge in [0.1, 0.15) is 5.76 Å². The number of nitrogens with zero attached hydrogens (tertiary/aromatic N) is 2.